The number of aliphatic carboxylic acids is 1. The largest absolute Gasteiger partial charge is 0.545 e. The van der Waals surface area contributed by atoms with Gasteiger partial charge in [0.2, 0.25) is 0 Å². The fourth-order valence-electron chi connectivity index (χ4n) is 8.81. The standard InChI is InChI=1S/C61H115NO8/c1-6-8-10-12-14-16-18-20-21-22-23-24-25-26-27-28-29-30-31-32-33-34-35-36-37-38-40-41-43-45-47-49-51-58(63)68-55-57(56-69-61(60(65)66)67-54-53-62(3,4)5)70-59(64)52-50-48-46-44-42-39-19-17-15-13-11-9-7-2/h11,13,17,19,57,61H,6-10,12,14-16,18,20-56H2,1-5H3/b13-11-,19-17-. The number of rotatable bonds is 56. The molecule has 0 aromatic rings. The van der Waals surface area contributed by atoms with E-state index in [9.17, 15) is 19.5 Å². The molecular weight excluding hydrogens is 875 g/mol. The summed E-state index contributed by atoms with van der Waals surface area (Å²) in [5.41, 5.74) is 0. The van der Waals surface area contributed by atoms with Gasteiger partial charge in [-0.25, -0.2) is 0 Å². The van der Waals surface area contributed by atoms with Gasteiger partial charge in [-0.1, -0.05) is 263 Å². The number of ether oxygens (including phenoxy) is 4. The molecule has 0 aliphatic heterocycles. The van der Waals surface area contributed by atoms with Crippen molar-refractivity contribution in [3.8, 4) is 0 Å². The number of unbranched alkanes of at least 4 members (excludes halogenated alkanes) is 37. The maximum Gasteiger partial charge on any atom is 0.306 e. The van der Waals surface area contributed by atoms with Gasteiger partial charge in [0.15, 0.2) is 12.4 Å². The Morgan fingerprint density at radius 1 is 0.429 bits per heavy atom. The predicted octanol–water partition coefficient (Wildman–Crippen LogP) is 16.2. The Bertz CT molecular complexity index is 1200. The first-order valence-electron chi connectivity index (χ1n) is 30.0. The molecule has 2 unspecified atom stereocenters. The summed E-state index contributed by atoms with van der Waals surface area (Å²) in [6, 6.07) is 0. The maximum atomic E-state index is 12.8. The number of hydrogen-bond acceptors (Lipinski definition) is 8. The molecule has 0 amide bonds. The summed E-state index contributed by atoms with van der Waals surface area (Å²) in [4.78, 5) is 37.2. The Balaban J connectivity index is 4.00. The van der Waals surface area contributed by atoms with E-state index in [1.807, 2.05) is 21.1 Å². The van der Waals surface area contributed by atoms with Crippen LogP contribution in [-0.2, 0) is 33.3 Å². The van der Waals surface area contributed by atoms with E-state index in [1.54, 1.807) is 0 Å². The monoisotopic (exact) mass is 990 g/mol. The van der Waals surface area contributed by atoms with Crippen LogP contribution in [0.25, 0.3) is 0 Å². The Labute approximate surface area is 433 Å². The summed E-state index contributed by atoms with van der Waals surface area (Å²) in [6.07, 6.45) is 59.8. The first-order chi connectivity index (χ1) is 34.1. The van der Waals surface area contributed by atoms with Crippen LogP contribution >= 0.6 is 0 Å². The summed E-state index contributed by atoms with van der Waals surface area (Å²) in [7, 11) is 5.92. The van der Waals surface area contributed by atoms with E-state index < -0.39 is 24.3 Å². The van der Waals surface area contributed by atoms with E-state index in [-0.39, 0.29) is 32.2 Å². The third-order valence-electron chi connectivity index (χ3n) is 13.4. The molecule has 0 aliphatic rings. The van der Waals surface area contributed by atoms with Crippen molar-refractivity contribution in [2.45, 2.75) is 302 Å². The number of carboxylic acids is 1. The average molecular weight is 991 g/mol. The van der Waals surface area contributed by atoms with Gasteiger partial charge >= 0.3 is 11.9 Å². The van der Waals surface area contributed by atoms with Crippen molar-refractivity contribution in [2.24, 2.45) is 0 Å². The summed E-state index contributed by atoms with van der Waals surface area (Å²) in [5.74, 6) is -2.29. The van der Waals surface area contributed by atoms with Gasteiger partial charge in [0.25, 0.3) is 0 Å². The molecule has 0 heterocycles. The molecule has 0 spiro atoms. The van der Waals surface area contributed by atoms with Gasteiger partial charge in [0.1, 0.15) is 13.2 Å². The second kappa shape index (κ2) is 53.1. The highest BCUT2D eigenvalue weighted by atomic mass is 16.7. The van der Waals surface area contributed by atoms with Gasteiger partial charge in [-0.05, 0) is 38.5 Å². The highest BCUT2D eigenvalue weighted by Crippen LogP contribution is 2.18. The number of quaternary nitrogens is 1. The molecule has 0 bridgehead atoms. The summed E-state index contributed by atoms with van der Waals surface area (Å²) in [6.45, 7) is 4.70. The van der Waals surface area contributed by atoms with Crippen LogP contribution < -0.4 is 5.11 Å². The van der Waals surface area contributed by atoms with Crippen LogP contribution in [0, 0.1) is 0 Å². The third-order valence-corrected chi connectivity index (χ3v) is 13.4. The minimum Gasteiger partial charge on any atom is -0.545 e. The number of allylic oxidation sites excluding steroid dienone is 4. The number of esters is 2. The van der Waals surface area contributed by atoms with E-state index >= 15 is 0 Å². The molecule has 9 nitrogen and oxygen atoms in total. The Morgan fingerprint density at radius 2 is 0.800 bits per heavy atom. The van der Waals surface area contributed by atoms with Crippen molar-refractivity contribution < 1.29 is 42.9 Å². The lowest BCUT2D eigenvalue weighted by Crippen LogP contribution is -2.44. The van der Waals surface area contributed by atoms with Crippen LogP contribution in [-0.4, -0.2) is 82.3 Å². The normalized spacial score (nSPS) is 12.9. The molecule has 412 valence electrons. The highest BCUT2D eigenvalue weighted by Gasteiger charge is 2.22. The molecule has 0 N–H and O–H groups in total. The SMILES string of the molecule is CCC/C=C\C/C=C\CCCCCCCC(=O)OC(COC(=O)CCCCCCCCCCCCCCCCCCCCCCCCCCCCCCCCCC)COC(OCC[N+](C)(C)C)C(=O)[O-]. The number of hydrogen-bond donors (Lipinski definition) is 0. The lowest BCUT2D eigenvalue weighted by atomic mass is 10.0. The van der Waals surface area contributed by atoms with E-state index in [0.717, 1.165) is 64.2 Å². The fourth-order valence-corrected chi connectivity index (χ4v) is 8.81. The smallest absolute Gasteiger partial charge is 0.306 e. The summed E-state index contributed by atoms with van der Waals surface area (Å²) >= 11 is 0. The van der Waals surface area contributed by atoms with Crippen LogP contribution in [0.1, 0.15) is 290 Å². The first kappa shape index (κ1) is 67.8. The molecule has 2 atom stereocenters. The van der Waals surface area contributed by atoms with Crippen LogP contribution in [0.15, 0.2) is 24.3 Å². The van der Waals surface area contributed by atoms with E-state index in [2.05, 4.69) is 38.2 Å². The zero-order valence-corrected chi connectivity index (χ0v) is 46.9. The minimum absolute atomic E-state index is 0.147. The van der Waals surface area contributed by atoms with Gasteiger partial charge in [-0.15, -0.1) is 0 Å². The van der Waals surface area contributed by atoms with Crippen molar-refractivity contribution in [2.75, 3.05) is 47.5 Å². The molecule has 0 aliphatic carbocycles. The topological polar surface area (TPSA) is 111 Å². The zero-order chi connectivity index (χ0) is 51.3. The quantitative estimate of drug-likeness (QED) is 0.0195. The van der Waals surface area contributed by atoms with E-state index in [4.69, 9.17) is 18.9 Å². The fraction of sp³-hybridized carbons (Fsp3) is 0.885. The lowest BCUT2D eigenvalue weighted by Gasteiger charge is -2.26. The molecule has 70 heavy (non-hydrogen) atoms. The van der Waals surface area contributed by atoms with Crippen LogP contribution in [0.4, 0.5) is 0 Å². The summed E-state index contributed by atoms with van der Waals surface area (Å²) < 4.78 is 22.6. The minimum atomic E-state index is -1.62. The number of nitrogens with zero attached hydrogens (tertiary/aromatic N) is 1. The van der Waals surface area contributed by atoms with E-state index in [1.165, 1.54) is 193 Å². The molecule has 0 aromatic heterocycles. The molecule has 0 radical (unpaired) electrons. The number of carbonyl (C=O) groups excluding carboxylic acids is 3. The van der Waals surface area contributed by atoms with Crippen molar-refractivity contribution in [1.82, 2.24) is 0 Å². The third kappa shape index (κ3) is 53.6. The van der Waals surface area contributed by atoms with Crippen molar-refractivity contribution >= 4 is 17.9 Å². The van der Waals surface area contributed by atoms with Crippen molar-refractivity contribution in [3.63, 3.8) is 0 Å². The zero-order valence-electron chi connectivity index (χ0n) is 46.9. The Kier molecular flexibility index (Phi) is 51.4. The van der Waals surface area contributed by atoms with Gasteiger partial charge in [-0.2, -0.15) is 0 Å². The second-order valence-corrected chi connectivity index (χ2v) is 21.6. The molecule has 0 fully saturated rings. The molecule has 0 saturated heterocycles. The van der Waals surface area contributed by atoms with Crippen LogP contribution in [0.2, 0.25) is 0 Å². The van der Waals surface area contributed by atoms with Crippen molar-refractivity contribution in [3.05, 3.63) is 24.3 Å². The predicted molar refractivity (Wildman–Crippen MR) is 293 cm³/mol. The maximum absolute atomic E-state index is 12.8. The summed E-state index contributed by atoms with van der Waals surface area (Å²) in [5, 5.41) is 11.7. The molecular formula is C61H115NO8. The number of carboxylic acid groups (broad SMARTS) is 1. The number of likely N-dealkylation sites (N-methyl/N-ethyl adjacent to an activating group) is 1. The number of carbonyl (C=O) groups is 3. The molecule has 0 rings (SSSR count). The van der Waals surface area contributed by atoms with E-state index in [0.29, 0.717) is 23.9 Å². The Morgan fingerprint density at radius 3 is 1.19 bits per heavy atom. The average Bonchev–Trinajstić information content (AvgIpc) is 3.33. The lowest BCUT2D eigenvalue weighted by molar-refractivity contribution is -0.870. The Hall–Kier alpha value is -2.23. The van der Waals surface area contributed by atoms with Crippen LogP contribution in [0.5, 0.6) is 0 Å². The van der Waals surface area contributed by atoms with Gasteiger partial charge < -0.3 is 33.3 Å². The first-order valence-corrected chi connectivity index (χ1v) is 30.0. The highest BCUT2D eigenvalue weighted by molar-refractivity contribution is 5.70. The van der Waals surface area contributed by atoms with Gasteiger partial charge in [0, 0.05) is 12.8 Å². The molecule has 0 aromatic carbocycles. The van der Waals surface area contributed by atoms with Crippen LogP contribution in [0.3, 0.4) is 0 Å². The van der Waals surface area contributed by atoms with Gasteiger partial charge in [-0.3, -0.25) is 9.59 Å². The molecule has 0 saturated carbocycles. The second-order valence-electron chi connectivity index (χ2n) is 21.6. The molecule has 9 heteroatoms. The van der Waals surface area contributed by atoms with Gasteiger partial charge in [0.05, 0.1) is 40.3 Å². The van der Waals surface area contributed by atoms with Crippen molar-refractivity contribution in [1.29, 1.82) is 0 Å².